The summed E-state index contributed by atoms with van der Waals surface area (Å²) >= 11 is 1.89. The van der Waals surface area contributed by atoms with Gasteiger partial charge in [0.1, 0.15) is 6.04 Å². The van der Waals surface area contributed by atoms with Crippen LogP contribution in [-0.2, 0) is 4.79 Å². The van der Waals surface area contributed by atoms with Crippen LogP contribution in [-0.4, -0.2) is 58.8 Å². The molecule has 1 aromatic rings. The molecule has 1 aromatic carbocycles. The summed E-state index contributed by atoms with van der Waals surface area (Å²) in [5.41, 5.74) is 0.677. The number of amides is 2. The number of hydrogen-bond donors (Lipinski definition) is 0. The molecule has 2 aliphatic heterocycles. The van der Waals surface area contributed by atoms with Crippen LogP contribution in [0.1, 0.15) is 29.6 Å². The van der Waals surface area contributed by atoms with E-state index in [1.807, 2.05) is 47.0 Å². The average Bonchev–Trinajstić information content (AvgIpc) is 2.62. The Hall–Kier alpha value is -1.49. The van der Waals surface area contributed by atoms with Crippen LogP contribution in [0.3, 0.4) is 0 Å². The van der Waals surface area contributed by atoms with E-state index in [1.54, 1.807) is 4.90 Å². The predicted octanol–water partition coefficient (Wildman–Crippen LogP) is 2.26. The van der Waals surface area contributed by atoms with Gasteiger partial charge < -0.3 is 9.80 Å². The number of thioether (sulfide) groups is 1. The maximum atomic E-state index is 12.8. The van der Waals surface area contributed by atoms with Crippen LogP contribution in [0.15, 0.2) is 30.3 Å². The van der Waals surface area contributed by atoms with Crippen molar-refractivity contribution in [3.8, 4) is 0 Å². The molecule has 0 N–H and O–H groups in total. The Morgan fingerprint density at radius 2 is 1.73 bits per heavy atom. The van der Waals surface area contributed by atoms with Gasteiger partial charge in [0.25, 0.3) is 5.91 Å². The largest absolute Gasteiger partial charge is 0.339 e. The quantitative estimate of drug-likeness (QED) is 0.840. The molecule has 0 bridgehead atoms. The van der Waals surface area contributed by atoms with Crippen molar-refractivity contribution in [3.63, 3.8) is 0 Å². The number of piperidine rings is 1. The lowest BCUT2D eigenvalue weighted by molar-refractivity contribution is -0.136. The maximum absolute atomic E-state index is 12.8. The van der Waals surface area contributed by atoms with Gasteiger partial charge in [-0.3, -0.25) is 9.59 Å². The van der Waals surface area contributed by atoms with Crippen molar-refractivity contribution < 1.29 is 9.59 Å². The summed E-state index contributed by atoms with van der Waals surface area (Å²) in [6.07, 6.45) is 2.80. The fourth-order valence-electron chi connectivity index (χ4n) is 3.17. The highest BCUT2D eigenvalue weighted by Crippen LogP contribution is 2.22. The van der Waals surface area contributed by atoms with Gasteiger partial charge in [-0.25, -0.2) is 0 Å². The van der Waals surface area contributed by atoms with Crippen LogP contribution >= 0.6 is 11.8 Å². The summed E-state index contributed by atoms with van der Waals surface area (Å²) in [6.45, 7) is 2.31. The summed E-state index contributed by atoms with van der Waals surface area (Å²) in [4.78, 5) is 29.3. The van der Waals surface area contributed by atoms with Crippen LogP contribution in [0.2, 0.25) is 0 Å². The Kier molecular flexibility index (Phi) is 5.03. The molecule has 22 heavy (non-hydrogen) atoms. The second kappa shape index (κ2) is 7.18. The molecule has 2 aliphatic rings. The van der Waals surface area contributed by atoms with Gasteiger partial charge in [-0.1, -0.05) is 18.2 Å². The fourth-order valence-corrected chi connectivity index (χ4v) is 4.08. The average molecular weight is 318 g/mol. The van der Waals surface area contributed by atoms with Gasteiger partial charge in [0.05, 0.1) is 0 Å². The lowest BCUT2D eigenvalue weighted by Gasteiger charge is -2.38. The maximum Gasteiger partial charge on any atom is 0.254 e. The van der Waals surface area contributed by atoms with Crippen molar-refractivity contribution >= 4 is 23.6 Å². The first-order valence-electron chi connectivity index (χ1n) is 8.00. The van der Waals surface area contributed by atoms with Crippen LogP contribution < -0.4 is 0 Å². The highest BCUT2D eigenvalue weighted by Gasteiger charge is 2.35. The molecule has 0 aliphatic carbocycles. The smallest absolute Gasteiger partial charge is 0.254 e. The molecular formula is C17H22N2O2S. The molecule has 5 heteroatoms. The second-order valence-corrected chi connectivity index (χ2v) is 7.04. The number of likely N-dealkylation sites (tertiary alicyclic amines) is 1. The summed E-state index contributed by atoms with van der Waals surface area (Å²) in [5.74, 6) is 2.14. The van der Waals surface area contributed by atoms with Gasteiger partial charge in [0.15, 0.2) is 0 Å². The third kappa shape index (κ3) is 3.29. The van der Waals surface area contributed by atoms with Crippen LogP contribution in [0, 0.1) is 0 Å². The standard InChI is InChI=1S/C17H22N2O2S/c20-16(14-6-2-1-3-7-14)19-9-5-4-8-15(19)17(21)18-10-12-22-13-11-18/h1-3,6-7,15H,4-5,8-13H2/t15-/m0/s1. The van der Waals surface area contributed by atoms with E-state index in [1.165, 1.54) is 0 Å². The summed E-state index contributed by atoms with van der Waals surface area (Å²) in [6, 6.07) is 9.03. The first-order valence-corrected chi connectivity index (χ1v) is 9.15. The van der Waals surface area contributed by atoms with Gasteiger partial charge >= 0.3 is 0 Å². The van der Waals surface area contributed by atoms with E-state index in [4.69, 9.17) is 0 Å². The molecule has 0 spiro atoms. The van der Waals surface area contributed by atoms with E-state index < -0.39 is 0 Å². The minimum absolute atomic E-state index is 0.00923. The Balaban J connectivity index is 1.76. The first-order chi connectivity index (χ1) is 10.8. The molecule has 0 unspecified atom stereocenters. The van der Waals surface area contributed by atoms with Crippen molar-refractivity contribution in [1.29, 1.82) is 0 Å². The molecule has 3 rings (SSSR count). The third-order valence-electron chi connectivity index (χ3n) is 4.39. The summed E-state index contributed by atoms with van der Waals surface area (Å²) in [7, 11) is 0. The van der Waals surface area contributed by atoms with Crippen molar-refractivity contribution in [2.24, 2.45) is 0 Å². The van der Waals surface area contributed by atoms with Crippen molar-refractivity contribution in [3.05, 3.63) is 35.9 Å². The molecule has 2 heterocycles. The third-order valence-corrected chi connectivity index (χ3v) is 5.33. The Morgan fingerprint density at radius 1 is 1.00 bits per heavy atom. The fraction of sp³-hybridized carbons (Fsp3) is 0.529. The van der Waals surface area contributed by atoms with E-state index >= 15 is 0 Å². The van der Waals surface area contributed by atoms with E-state index in [9.17, 15) is 9.59 Å². The lowest BCUT2D eigenvalue weighted by atomic mass is 9.99. The molecule has 2 saturated heterocycles. The Morgan fingerprint density at radius 3 is 2.45 bits per heavy atom. The SMILES string of the molecule is O=C([C@@H]1CCCCN1C(=O)c1ccccc1)N1CCSCC1. The molecule has 0 radical (unpaired) electrons. The molecular weight excluding hydrogens is 296 g/mol. The molecule has 1 atom stereocenters. The highest BCUT2D eigenvalue weighted by atomic mass is 32.2. The number of rotatable bonds is 2. The van der Waals surface area contributed by atoms with Crippen molar-refractivity contribution in [1.82, 2.24) is 9.80 Å². The zero-order valence-electron chi connectivity index (χ0n) is 12.7. The lowest BCUT2D eigenvalue weighted by Crippen LogP contribution is -2.54. The first kappa shape index (κ1) is 15.4. The van der Waals surface area contributed by atoms with Gasteiger partial charge in [-0.05, 0) is 31.4 Å². The number of hydrogen-bond acceptors (Lipinski definition) is 3. The number of carbonyl (C=O) groups is 2. The Labute approximate surface area is 135 Å². The highest BCUT2D eigenvalue weighted by molar-refractivity contribution is 7.99. The molecule has 2 fully saturated rings. The summed E-state index contributed by atoms with van der Waals surface area (Å²) < 4.78 is 0. The van der Waals surface area contributed by atoms with Crippen molar-refractivity contribution in [2.45, 2.75) is 25.3 Å². The minimum atomic E-state index is -0.274. The van der Waals surface area contributed by atoms with Gasteiger partial charge in [0, 0.05) is 36.7 Å². The topological polar surface area (TPSA) is 40.6 Å². The van der Waals surface area contributed by atoms with Gasteiger partial charge in [0.2, 0.25) is 5.91 Å². The molecule has 2 amide bonds. The van der Waals surface area contributed by atoms with Crippen LogP contribution in [0.25, 0.3) is 0 Å². The number of nitrogens with zero attached hydrogens (tertiary/aromatic N) is 2. The summed E-state index contributed by atoms with van der Waals surface area (Å²) in [5, 5.41) is 0. The Bertz CT molecular complexity index is 529. The van der Waals surface area contributed by atoms with E-state index in [-0.39, 0.29) is 17.9 Å². The van der Waals surface area contributed by atoms with Crippen LogP contribution in [0.4, 0.5) is 0 Å². The van der Waals surface area contributed by atoms with Gasteiger partial charge in [-0.15, -0.1) is 0 Å². The van der Waals surface area contributed by atoms with Crippen molar-refractivity contribution in [2.75, 3.05) is 31.1 Å². The molecule has 118 valence electrons. The van der Waals surface area contributed by atoms with E-state index in [2.05, 4.69) is 0 Å². The van der Waals surface area contributed by atoms with Gasteiger partial charge in [-0.2, -0.15) is 11.8 Å². The minimum Gasteiger partial charge on any atom is -0.339 e. The zero-order chi connectivity index (χ0) is 15.4. The zero-order valence-corrected chi connectivity index (χ0v) is 13.6. The number of carbonyl (C=O) groups excluding carboxylic acids is 2. The van der Waals surface area contributed by atoms with E-state index in [0.717, 1.165) is 43.9 Å². The molecule has 4 nitrogen and oxygen atoms in total. The predicted molar refractivity (Wildman–Crippen MR) is 89.0 cm³/mol. The molecule has 0 aromatic heterocycles. The number of benzene rings is 1. The van der Waals surface area contributed by atoms with Crippen LogP contribution in [0.5, 0.6) is 0 Å². The van der Waals surface area contributed by atoms with E-state index in [0.29, 0.717) is 12.1 Å². The second-order valence-electron chi connectivity index (χ2n) is 5.81. The normalized spacial score (nSPS) is 22.5. The molecule has 0 saturated carbocycles. The monoisotopic (exact) mass is 318 g/mol.